The molecule has 1 aliphatic heterocycles. The fourth-order valence-electron chi connectivity index (χ4n) is 4.93. The fraction of sp³-hybridized carbons (Fsp3) is 0.368. The first-order valence-electron chi connectivity index (χ1n) is 8.45. The van der Waals surface area contributed by atoms with Crippen molar-refractivity contribution in [2.75, 3.05) is 14.2 Å². The van der Waals surface area contributed by atoms with Gasteiger partial charge in [0.25, 0.3) is 0 Å². The second kappa shape index (κ2) is 6.34. The molecule has 29 heavy (non-hydrogen) atoms. The molecule has 0 saturated heterocycles. The summed E-state index contributed by atoms with van der Waals surface area (Å²) in [6.45, 7) is 0. The Kier molecular flexibility index (Phi) is 4.26. The summed E-state index contributed by atoms with van der Waals surface area (Å²) >= 11 is 1.61. The third-order valence-electron chi connectivity index (χ3n) is 5.98. The summed E-state index contributed by atoms with van der Waals surface area (Å²) in [5.41, 5.74) is -4.38. The van der Waals surface area contributed by atoms with Gasteiger partial charge in [-0.25, -0.2) is 0 Å². The Balaban J connectivity index is 2.03. The molecule has 0 amide bonds. The third-order valence-corrected chi connectivity index (χ3v) is 8.58. The SMILES string of the molecule is COC(=O)C12C(=O)C3=C(SC(=C(C#N)C#N)S3)C(=O)C1(C(=O)OC)[C@H]1C=C[C@@H]2C1. The van der Waals surface area contributed by atoms with Crippen LogP contribution in [-0.2, 0) is 28.7 Å². The Labute approximate surface area is 173 Å². The zero-order chi connectivity index (χ0) is 21.1. The van der Waals surface area contributed by atoms with E-state index >= 15 is 0 Å². The molecule has 146 valence electrons. The summed E-state index contributed by atoms with van der Waals surface area (Å²) in [5.74, 6) is -4.74. The maximum atomic E-state index is 13.7. The normalized spacial score (nSPS) is 33.7. The lowest BCUT2D eigenvalue weighted by Crippen LogP contribution is -2.65. The number of carbonyl (C=O) groups is 4. The van der Waals surface area contributed by atoms with Crippen LogP contribution in [0.25, 0.3) is 0 Å². The van der Waals surface area contributed by atoms with Crippen molar-refractivity contribution in [3.8, 4) is 12.1 Å². The molecular weight excluding hydrogens is 416 g/mol. The van der Waals surface area contributed by atoms with Crippen molar-refractivity contribution in [3.63, 3.8) is 0 Å². The van der Waals surface area contributed by atoms with Crippen LogP contribution in [0, 0.1) is 45.3 Å². The number of esters is 2. The average Bonchev–Trinajstić information content (AvgIpc) is 3.45. The van der Waals surface area contributed by atoms with Gasteiger partial charge in [0, 0.05) is 11.8 Å². The molecule has 4 aliphatic rings. The maximum Gasteiger partial charge on any atom is 0.322 e. The number of hydrogen-bond donors (Lipinski definition) is 0. The molecule has 3 aliphatic carbocycles. The molecule has 0 aromatic rings. The van der Waals surface area contributed by atoms with Gasteiger partial charge >= 0.3 is 11.9 Å². The predicted octanol–water partition coefficient (Wildman–Crippen LogP) is 1.61. The third kappa shape index (κ3) is 1.96. The summed E-state index contributed by atoms with van der Waals surface area (Å²) in [7, 11) is 2.20. The zero-order valence-corrected chi connectivity index (χ0v) is 16.8. The number of ether oxygens (including phenoxy) is 2. The molecule has 1 fully saturated rings. The Morgan fingerprint density at radius 2 is 1.38 bits per heavy atom. The smallest absolute Gasteiger partial charge is 0.322 e. The largest absolute Gasteiger partial charge is 0.468 e. The molecule has 0 aromatic heterocycles. The first-order chi connectivity index (χ1) is 13.9. The van der Waals surface area contributed by atoms with E-state index in [2.05, 4.69) is 0 Å². The van der Waals surface area contributed by atoms with Crippen LogP contribution in [0.5, 0.6) is 0 Å². The molecular formula is C19H12N2O6S2. The van der Waals surface area contributed by atoms with E-state index in [-0.39, 0.29) is 26.0 Å². The van der Waals surface area contributed by atoms with Gasteiger partial charge in [0.1, 0.15) is 17.7 Å². The number of fused-ring (bicyclic) bond motifs is 5. The van der Waals surface area contributed by atoms with E-state index in [0.717, 1.165) is 37.7 Å². The van der Waals surface area contributed by atoms with E-state index in [1.54, 1.807) is 24.3 Å². The fourth-order valence-corrected chi connectivity index (χ4v) is 7.48. The molecule has 4 rings (SSSR count). The van der Waals surface area contributed by atoms with Crippen LogP contribution in [-0.4, -0.2) is 37.7 Å². The molecule has 0 spiro atoms. The molecule has 0 radical (unpaired) electrons. The highest BCUT2D eigenvalue weighted by Crippen LogP contribution is 2.72. The van der Waals surface area contributed by atoms with Gasteiger partial charge in [0.2, 0.25) is 0 Å². The first-order valence-corrected chi connectivity index (χ1v) is 10.1. The Morgan fingerprint density at radius 1 is 0.966 bits per heavy atom. The highest BCUT2D eigenvalue weighted by molar-refractivity contribution is 8.29. The van der Waals surface area contributed by atoms with Crippen molar-refractivity contribution in [1.82, 2.24) is 0 Å². The predicted molar refractivity (Wildman–Crippen MR) is 100 cm³/mol. The minimum Gasteiger partial charge on any atom is -0.468 e. The Hall–Kier alpha value is -2.82. The topological polar surface area (TPSA) is 134 Å². The van der Waals surface area contributed by atoms with Gasteiger partial charge in [-0.3, -0.25) is 19.2 Å². The van der Waals surface area contributed by atoms with Gasteiger partial charge in [-0.2, -0.15) is 10.5 Å². The van der Waals surface area contributed by atoms with Crippen molar-refractivity contribution >= 4 is 47.0 Å². The maximum absolute atomic E-state index is 13.7. The number of thioether (sulfide) groups is 2. The standard InChI is InChI=1S/C19H12N2O6S2/c1-26-16(24)18-9-3-4-10(5-9)19(18,17(25)27-2)14(23)12-11(13(18)22)28-15(29-12)8(6-20)7-21/h3-4,9-10H,5H2,1-2H3/t9-,10+,18?,19?. The lowest BCUT2D eigenvalue weighted by Gasteiger charge is -2.47. The van der Waals surface area contributed by atoms with Crippen LogP contribution in [0.2, 0.25) is 0 Å². The molecule has 1 saturated carbocycles. The van der Waals surface area contributed by atoms with E-state index in [1.165, 1.54) is 0 Å². The van der Waals surface area contributed by atoms with E-state index in [1.807, 2.05) is 0 Å². The van der Waals surface area contributed by atoms with Crippen LogP contribution < -0.4 is 0 Å². The van der Waals surface area contributed by atoms with Crippen molar-refractivity contribution in [2.24, 2.45) is 22.7 Å². The van der Waals surface area contributed by atoms with Crippen molar-refractivity contribution in [3.05, 3.63) is 31.8 Å². The number of ketones is 2. The van der Waals surface area contributed by atoms with E-state index in [4.69, 9.17) is 20.0 Å². The number of hydrogen-bond acceptors (Lipinski definition) is 10. The quantitative estimate of drug-likeness (QED) is 0.276. The number of Topliss-reactive ketones (excluding diaryl/α,β-unsaturated/α-hetero) is 2. The average molecular weight is 428 g/mol. The molecule has 1 heterocycles. The summed E-state index contributed by atoms with van der Waals surface area (Å²) < 4.78 is 10.1. The number of carbonyl (C=O) groups excluding carboxylic acids is 4. The second-order valence-corrected chi connectivity index (χ2v) is 9.14. The van der Waals surface area contributed by atoms with Gasteiger partial charge in [-0.1, -0.05) is 35.7 Å². The number of allylic oxidation sites excluding steroid dienone is 5. The molecule has 0 aromatic carbocycles. The second-order valence-electron chi connectivity index (χ2n) is 6.84. The van der Waals surface area contributed by atoms with Gasteiger partial charge in [0.05, 0.1) is 28.3 Å². The van der Waals surface area contributed by atoms with Crippen molar-refractivity contribution in [2.45, 2.75) is 6.42 Å². The molecule has 10 heteroatoms. The minimum atomic E-state index is -2.06. The monoisotopic (exact) mass is 428 g/mol. The van der Waals surface area contributed by atoms with E-state index in [9.17, 15) is 19.2 Å². The molecule has 2 unspecified atom stereocenters. The molecule has 0 N–H and O–H groups in total. The highest BCUT2D eigenvalue weighted by Gasteiger charge is 2.83. The Morgan fingerprint density at radius 3 is 1.72 bits per heavy atom. The summed E-state index contributed by atoms with van der Waals surface area (Å²) in [6.07, 6.45) is 3.60. The van der Waals surface area contributed by atoms with Crippen molar-refractivity contribution < 1.29 is 28.7 Å². The molecule has 2 bridgehead atoms. The highest BCUT2D eigenvalue weighted by atomic mass is 32.2. The molecule has 4 atom stereocenters. The van der Waals surface area contributed by atoms with Crippen LogP contribution >= 0.6 is 23.5 Å². The summed E-state index contributed by atoms with van der Waals surface area (Å²) in [5, 5.41) is 18.3. The van der Waals surface area contributed by atoms with Crippen LogP contribution in [0.4, 0.5) is 0 Å². The zero-order valence-electron chi connectivity index (χ0n) is 15.2. The van der Waals surface area contributed by atoms with E-state index < -0.39 is 46.2 Å². The van der Waals surface area contributed by atoms with Crippen LogP contribution in [0.15, 0.2) is 31.8 Å². The van der Waals surface area contributed by atoms with E-state index in [0.29, 0.717) is 0 Å². The van der Waals surface area contributed by atoms with Gasteiger partial charge in [0.15, 0.2) is 22.4 Å². The van der Waals surface area contributed by atoms with Crippen LogP contribution in [0.3, 0.4) is 0 Å². The number of nitrogens with zero attached hydrogens (tertiary/aromatic N) is 2. The van der Waals surface area contributed by atoms with Gasteiger partial charge in [-0.15, -0.1) is 0 Å². The summed E-state index contributed by atoms with van der Waals surface area (Å²) in [4.78, 5) is 53.5. The summed E-state index contributed by atoms with van der Waals surface area (Å²) in [6, 6.07) is 3.46. The lowest BCUT2D eigenvalue weighted by molar-refractivity contribution is -0.185. The number of methoxy groups -OCH3 is 2. The van der Waals surface area contributed by atoms with Gasteiger partial charge in [-0.05, 0) is 6.42 Å². The molecule has 8 nitrogen and oxygen atoms in total. The van der Waals surface area contributed by atoms with Crippen LogP contribution in [0.1, 0.15) is 6.42 Å². The number of rotatable bonds is 2. The number of nitriles is 2. The van der Waals surface area contributed by atoms with Gasteiger partial charge < -0.3 is 9.47 Å². The minimum absolute atomic E-state index is 0.0381. The Bertz CT molecular complexity index is 1010. The lowest BCUT2D eigenvalue weighted by atomic mass is 9.51. The first kappa shape index (κ1) is 19.5. The van der Waals surface area contributed by atoms with Crippen molar-refractivity contribution in [1.29, 1.82) is 10.5 Å².